The van der Waals surface area contributed by atoms with Crippen molar-refractivity contribution in [1.29, 1.82) is 0 Å². The molecule has 0 bridgehead atoms. The van der Waals surface area contributed by atoms with Crippen LogP contribution in [-0.4, -0.2) is 26.0 Å². The standard InChI is InChI=1S/C23H27NO2S/c1-23(16-6-7-16,17-8-9-20-21(12-17)26-11-10-25-20)19-13-24-22-15(14-27-2)4-3-5-18(19)22/h3-5,8-9,12,16,19,24H,6-7,10-11,13-14H2,1-2H3. The Bertz CT molecular complexity index is 863. The van der Waals surface area contributed by atoms with Gasteiger partial charge in [-0.1, -0.05) is 31.2 Å². The van der Waals surface area contributed by atoms with Gasteiger partial charge in [-0.2, -0.15) is 11.8 Å². The zero-order valence-corrected chi connectivity index (χ0v) is 16.9. The van der Waals surface area contributed by atoms with Crippen LogP contribution in [0.1, 0.15) is 42.4 Å². The Morgan fingerprint density at radius 2 is 1.93 bits per heavy atom. The highest BCUT2D eigenvalue weighted by atomic mass is 32.2. The summed E-state index contributed by atoms with van der Waals surface area (Å²) in [6.45, 7) is 4.77. The summed E-state index contributed by atoms with van der Waals surface area (Å²) in [6.07, 6.45) is 4.82. The molecule has 1 N–H and O–H groups in total. The number of hydrogen-bond acceptors (Lipinski definition) is 4. The van der Waals surface area contributed by atoms with E-state index in [4.69, 9.17) is 9.47 Å². The SMILES string of the molecule is CSCc1cccc2c1NCC2C(C)(c1ccc2c(c1)OCCO2)C1CC1. The molecule has 0 amide bonds. The lowest BCUT2D eigenvalue weighted by Crippen LogP contribution is -2.34. The molecule has 0 spiro atoms. The molecular formula is C23H27NO2S. The van der Waals surface area contributed by atoms with Gasteiger partial charge < -0.3 is 14.8 Å². The average Bonchev–Trinajstić information content (AvgIpc) is 3.47. The predicted molar refractivity (Wildman–Crippen MR) is 112 cm³/mol. The lowest BCUT2D eigenvalue weighted by molar-refractivity contribution is 0.170. The molecule has 2 unspecified atom stereocenters. The van der Waals surface area contributed by atoms with Crippen molar-refractivity contribution < 1.29 is 9.47 Å². The summed E-state index contributed by atoms with van der Waals surface area (Å²) in [6, 6.07) is 13.5. The number of benzene rings is 2. The Balaban J connectivity index is 1.57. The fourth-order valence-electron chi connectivity index (χ4n) is 5.03. The highest BCUT2D eigenvalue weighted by Crippen LogP contribution is 2.58. The highest BCUT2D eigenvalue weighted by molar-refractivity contribution is 7.97. The van der Waals surface area contributed by atoms with E-state index in [1.54, 1.807) is 0 Å². The summed E-state index contributed by atoms with van der Waals surface area (Å²) in [7, 11) is 0. The summed E-state index contributed by atoms with van der Waals surface area (Å²) in [5.41, 5.74) is 5.81. The molecular weight excluding hydrogens is 354 g/mol. The molecule has 5 rings (SSSR count). The summed E-state index contributed by atoms with van der Waals surface area (Å²) in [4.78, 5) is 0. The fraction of sp³-hybridized carbons (Fsp3) is 0.478. The summed E-state index contributed by atoms with van der Waals surface area (Å²) >= 11 is 1.89. The highest BCUT2D eigenvalue weighted by Gasteiger charge is 2.50. The maximum Gasteiger partial charge on any atom is 0.161 e. The molecule has 27 heavy (non-hydrogen) atoms. The number of rotatable bonds is 5. The van der Waals surface area contributed by atoms with E-state index in [9.17, 15) is 0 Å². The van der Waals surface area contributed by atoms with Crippen molar-refractivity contribution in [3.8, 4) is 11.5 Å². The lowest BCUT2D eigenvalue weighted by Gasteiger charge is -2.37. The van der Waals surface area contributed by atoms with Gasteiger partial charge >= 0.3 is 0 Å². The number of ether oxygens (including phenoxy) is 2. The van der Waals surface area contributed by atoms with Crippen molar-refractivity contribution in [3.05, 3.63) is 53.1 Å². The quantitative estimate of drug-likeness (QED) is 0.771. The van der Waals surface area contributed by atoms with Crippen LogP contribution >= 0.6 is 11.8 Å². The summed E-state index contributed by atoms with van der Waals surface area (Å²) in [5.74, 6) is 4.09. The summed E-state index contributed by atoms with van der Waals surface area (Å²) in [5, 5.41) is 3.75. The maximum absolute atomic E-state index is 5.90. The van der Waals surface area contributed by atoms with Crippen molar-refractivity contribution in [1.82, 2.24) is 0 Å². The Hall–Kier alpha value is -1.81. The van der Waals surface area contributed by atoms with Gasteiger partial charge in [0.1, 0.15) is 13.2 Å². The van der Waals surface area contributed by atoms with Gasteiger partial charge in [0.05, 0.1) is 0 Å². The molecule has 2 atom stereocenters. The van der Waals surface area contributed by atoms with Crippen LogP contribution in [0.2, 0.25) is 0 Å². The van der Waals surface area contributed by atoms with Crippen LogP contribution in [0, 0.1) is 5.92 Å². The molecule has 3 nitrogen and oxygen atoms in total. The third kappa shape index (κ3) is 2.80. The van der Waals surface area contributed by atoms with E-state index in [-0.39, 0.29) is 5.41 Å². The van der Waals surface area contributed by atoms with Gasteiger partial charge in [-0.05, 0) is 53.8 Å². The largest absolute Gasteiger partial charge is 0.486 e. The molecule has 142 valence electrons. The molecule has 1 fully saturated rings. The van der Waals surface area contributed by atoms with E-state index in [1.165, 1.54) is 35.2 Å². The monoisotopic (exact) mass is 381 g/mol. The zero-order chi connectivity index (χ0) is 18.4. The lowest BCUT2D eigenvalue weighted by atomic mass is 9.66. The van der Waals surface area contributed by atoms with E-state index < -0.39 is 0 Å². The average molecular weight is 382 g/mol. The Labute approximate surface area is 165 Å². The Kier molecular flexibility index (Phi) is 4.27. The number of nitrogens with one attached hydrogen (secondary N) is 1. The number of fused-ring (bicyclic) bond motifs is 2. The molecule has 3 aliphatic rings. The minimum Gasteiger partial charge on any atom is -0.486 e. The van der Waals surface area contributed by atoms with Crippen LogP contribution in [0.4, 0.5) is 5.69 Å². The fourth-order valence-corrected chi connectivity index (χ4v) is 5.59. The molecule has 2 aliphatic heterocycles. The smallest absolute Gasteiger partial charge is 0.161 e. The second-order valence-corrected chi connectivity index (χ2v) is 9.03. The number of para-hydroxylation sites is 1. The van der Waals surface area contributed by atoms with Gasteiger partial charge in [-0.15, -0.1) is 0 Å². The molecule has 0 saturated heterocycles. The van der Waals surface area contributed by atoms with Crippen molar-refractivity contribution in [2.24, 2.45) is 5.92 Å². The van der Waals surface area contributed by atoms with E-state index in [2.05, 4.69) is 54.9 Å². The Morgan fingerprint density at radius 1 is 1.11 bits per heavy atom. The third-order valence-corrected chi connectivity index (χ3v) is 7.25. The number of anilines is 1. The van der Waals surface area contributed by atoms with Crippen LogP contribution in [0.3, 0.4) is 0 Å². The second kappa shape index (κ2) is 6.66. The second-order valence-electron chi connectivity index (χ2n) is 8.16. The molecule has 2 aromatic carbocycles. The first kappa shape index (κ1) is 17.3. The van der Waals surface area contributed by atoms with Crippen molar-refractivity contribution in [2.75, 3.05) is 31.3 Å². The van der Waals surface area contributed by atoms with Gasteiger partial charge in [-0.25, -0.2) is 0 Å². The summed E-state index contributed by atoms with van der Waals surface area (Å²) < 4.78 is 11.7. The first-order valence-electron chi connectivity index (χ1n) is 9.96. The molecule has 2 aromatic rings. The first-order valence-corrected chi connectivity index (χ1v) is 11.4. The van der Waals surface area contributed by atoms with Crippen LogP contribution in [0.15, 0.2) is 36.4 Å². The molecule has 2 heterocycles. The van der Waals surface area contributed by atoms with E-state index in [1.807, 2.05) is 11.8 Å². The molecule has 1 saturated carbocycles. The minimum atomic E-state index is 0.117. The van der Waals surface area contributed by atoms with Crippen molar-refractivity contribution >= 4 is 17.4 Å². The minimum absolute atomic E-state index is 0.117. The number of thioether (sulfide) groups is 1. The van der Waals surface area contributed by atoms with Gasteiger partial charge in [0.25, 0.3) is 0 Å². The Morgan fingerprint density at radius 3 is 2.70 bits per heavy atom. The zero-order valence-electron chi connectivity index (χ0n) is 16.1. The van der Waals surface area contributed by atoms with Crippen LogP contribution in [0.5, 0.6) is 11.5 Å². The van der Waals surface area contributed by atoms with Gasteiger partial charge in [0, 0.05) is 29.3 Å². The normalized spacial score (nSPS) is 22.7. The van der Waals surface area contributed by atoms with E-state index >= 15 is 0 Å². The maximum atomic E-state index is 5.90. The van der Waals surface area contributed by atoms with Gasteiger partial charge in [0.15, 0.2) is 11.5 Å². The van der Waals surface area contributed by atoms with Crippen molar-refractivity contribution in [2.45, 2.75) is 36.9 Å². The van der Waals surface area contributed by atoms with Crippen LogP contribution < -0.4 is 14.8 Å². The van der Waals surface area contributed by atoms with E-state index in [0.29, 0.717) is 19.1 Å². The molecule has 0 aromatic heterocycles. The molecule has 0 radical (unpaired) electrons. The predicted octanol–water partition coefficient (Wildman–Crippen LogP) is 5.20. The topological polar surface area (TPSA) is 30.5 Å². The van der Waals surface area contributed by atoms with Gasteiger partial charge in [0.2, 0.25) is 0 Å². The van der Waals surface area contributed by atoms with E-state index in [0.717, 1.165) is 29.7 Å². The molecule has 1 aliphatic carbocycles. The first-order chi connectivity index (χ1) is 13.2. The van der Waals surface area contributed by atoms with Crippen LogP contribution in [0.25, 0.3) is 0 Å². The van der Waals surface area contributed by atoms with Crippen LogP contribution in [-0.2, 0) is 11.2 Å². The third-order valence-electron chi connectivity index (χ3n) is 6.65. The van der Waals surface area contributed by atoms with Crippen molar-refractivity contribution in [3.63, 3.8) is 0 Å². The number of hydrogen-bond donors (Lipinski definition) is 1. The van der Waals surface area contributed by atoms with Gasteiger partial charge in [-0.3, -0.25) is 0 Å². The molecule has 4 heteroatoms.